The number of hydrogen-bond acceptors (Lipinski definition) is 6. The number of anilines is 1. The molecule has 31 heavy (non-hydrogen) atoms. The number of benzene rings is 1. The highest BCUT2D eigenvalue weighted by Gasteiger charge is 2.42. The fourth-order valence-corrected chi connectivity index (χ4v) is 3.56. The lowest BCUT2D eigenvalue weighted by molar-refractivity contribution is -0.169. The van der Waals surface area contributed by atoms with E-state index in [4.69, 9.17) is 18.9 Å². The molecular weight excluding hydrogens is 421 g/mol. The van der Waals surface area contributed by atoms with Crippen molar-refractivity contribution in [1.82, 2.24) is 4.90 Å². The van der Waals surface area contributed by atoms with Crippen molar-refractivity contribution in [2.45, 2.75) is 25.6 Å². The first kappa shape index (κ1) is 24.6. The summed E-state index contributed by atoms with van der Waals surface area (Å²) in [5.74, 6) is -1.10. The molecule has 0 bridgehead atoms. The molecule has 2 rings (SSSR count). The first-order chi connectivity index (χ1) is 14.6. The highest BCUT2D eigenvalue weighted by molar-refractivity contribution is 6.00. The molecule has 0 N–H and O–H groups in total. The maximum absolute atomic E-state index is 13.1. The van der Waals surface area contributed by atoms with E-state index in [-0.39, 0.29) is 25.5 Å². The molecule has 0 unspecified atom stereocenters. The minimum atomic E-state index is -4.57. The normalized spacial score (nSPS) is 17.5. The Balaban J connectivity index is 2.30. The van der Waals surface area contributed by atoms with Gasteiger partial charge in [-0.25, -0.2) is 0 Å². The molecule has 2 amide bonds. The Morgan fingerprint density at radius 3 is 2.19 bits per heavy atom. The first-order valence-corrected chi connectivity index (χ1v) is 9.52. The predicted molar refractivity (Wildman–Crippen MR) is 106 cm³/mol. The minimum Gasteiger partial charge on any atom is -0.493 e. The van der Waals surface area contributed by atoms with Crippen molar-refractivity contribution in [2.24, 2.45) is 5.92 Å². The number of methoxy groups -OCH3 is 4. The van der Waals surface area contributed by atoms with Gasteiger partial charge in [0.05, 0.1) is 45.6 Å². The van der Waals surface area contributed by atoms with Crippen LogP contribution in [0.3, 0.4) is 0 Å². The van der Waals surface area contributed by atoms with Gasteiger partial charge in [0.25, 0.3) is 0 Å². The Labute approximate surface area is 178 Å². The van der Waals surface area contributed by atoms with Gasteiger partial charge in [-0.05, 0) is 6.92 Å². The van der Waals surface area contributed by atoms with Crippen LogP contribution in [-0.2, 0) is 14.3 Å². The zero-order valence-electron chi connectivity index (χ0n) is 18.1. The van der Waals surface area contributed by atoms with Crippen LogP contribution in [0, 0.1) is 5.92 Å². The van der Waals surface area contributed by atoms with Crippen molar-refractivity contribution in [3.05, 3.63) is 12.1 Å². The number of alkyl halides is 3. The second-order valence-electron chi connectivity index (χ2n) is 7.17. The summed E-state index contributed by atoms with van der Waals surface area (Å²) < 4.78 is 59.9. The van der Waals surface area contributed by atoms with Gasteiger partial charge >= 0.3 is 6.18 Å². The van der Waals surface area contributed by atoms with Gasteiger partial charge in [-0.15, -0.1) is 0 Å². The second kappa shape index (κ2) is 10.1. The number of nitrogens with zero attached hydrogens (tertiary/aromatic N) is 2. The van der Waals surface area contributed by atoms with E-state index in [9.17, 15) is 22.8 Å². The molecule has 1 saturated heterocycles. The van der Waals surface area contributed by atoms with Crippen LogP contribution in [0.2, 0.25) is 0 Å². The maximum Gasteiger partial charge on any atom is 0.406 e. The number of halogens is 3. The molecule has 1 heterocycles. The Hall–Kier alpha value is -2.69. The molecular formula is C20H27F3N2O6. The van der Waals surface area contributed by atoms with Crippen LogP contribution >= 0.6 is 0 Å². The highest BCUT2D eigenvalue weighted by atomic mass is 19.4. The fraction of sp³-hybridized carbons (Fsp3) is 0.600. The third-order valence-electron chi connectivity index (χ3n) is 5.01. The Morgan fingerprint density at radius 2 is 1.74 bits per heavy atom. The lowest BCUT2D eigenvalue weighted by atomic mass is 10.1. The topological polar surface area (TPSA) is 77.5 Å². The van der Waals surface area contributed by atoms with E-state index in [1.807, 2.05) is 0 Å². The SMILES string of the molecule is COC[C@@H](C)N(CC(F)(F)F)C(=O)[C@@H]1CC(=O)N(c2cc(OC)c(OC)c(OC)c2)C1. The standard InChI is InChI=1S/C20H27F3N2O6/c1-12(10-28-2)25(11-20(21,22)23)19(27)13-6-17(26)24(9-13)14-7-15(29-3)18(31-5)16(8-14)30-4/h7-8,12-13H,6,9-11H2,1-5H3/t12-,13-/m1/s1. The van der Waals surface area contributed by atoms with Crippen LogP contribution < -0.4 is 19.1 Å². The van der Waals surface area contributed by atoms with E-state index in [2.05, 4.69) is 0 Å². The summed E-state index contributed by atoms with van der Waals surface area (Å²) in [6.07, 6.45) is -4.78. The van der Waals surface area contributed by atoms with E-state index in [0.717, 1.165) is 4.90 Å². The first-order valence-electron chi connectivity index (χ1n) is 9.52. The Kier molecular flexibility index (Phi) is 7.99. The van der Waals surface area contributed by atoms with Crippen molar-refractivity contribution in [3.8, 4) is 17.2 Å². The molecule has 1 aliphatic heterocycles. The van der Waals surface area contributed by atoms with Crippen LogP contribution in [0.15, 0.2) is 12.1 Å². The summed E-state index contributed by atoms with van der Waals surface area (Å²) in [6, 6.07) is 2.30. The van der Waals surface area contributed by atoms with E-state index in [1.54, 1.807) is 12.1 Å². The average Bonchev–Trinajstić information content (AvgIpc) is 3.11. The molecule has 11 heteroatoms. The zero-order chi connectivity index (χ0) is 23.3. The molecule has 2 atom stereocenters. The van der Waals surface area contributed by atoms with Crippen molar-refractivity contribution in [2.75, 3.05) is 53.0 Å². The Morgan fingerprint density at radius 1 is 1.16 bits per heavy atom. The largest absolute Gasteiger partial charge is 0.493 e. The molecule has 0 radical (unpaired) electrons. The molecule has 1 fully saturated rings. The summed E-state index contributed by atoms with van der Waals surface area (Å²) in [5.41, 5.74) is 0.391. The van der Waals surface area contributed by atoms with E-state index < -0.39 is 30.6 Å². The average molecular weight is 448 g/mol. The summed E-state index contributed by atoms with van der Waals surface area (Å²) in [6.45, 7) is -0.0600. The summed E-state index contributed by atoms with van der Waals surface area (Å²) in [7, 11) is 5.63. The zero-order valence-corrected chi connectivity index (χ0v) is 18.1. The molecule has 1 aromatic carbocycles. The lowest BCUT2D eigenvalue weighted by Crippen LogP contribution is -2.49. The number of carbonyl (C=O) groups is 2. The molecule has 0 aliphatic carbocycles. The van der Waals surface area contributed by atoms with E-state index in [0.29, 0.717) is 22.9 Å². The number of amides is 2. The van der Waals surface area contributed by atoms with Crippen LogP contribution in [0.4, 0.5) is 18.9 Å². The van der Waals surface area contributed by atoms with Gasteiger partial charge in [-0.3, -0.25) is 9.59 Å². The van der Waals surface area contributed by atoms with Gasteiger partial charge in [0, 0.05) is 32.2 Å². The van der Waals surface area contributed by atoms with Gasteiger partial charge < -0.3 is 28.7 Å². The maximum atomic E-state index is 13.1. The molecule has 0 aromatic heterocycles. The van der Waals surface area contributed by atoms with Gasteiger partial charge in [-0.1, -0.05) is 0 Å². The van der Waals surface area contributed by atoms with Crippen molar-refractivity contribution >= 4 is 17.5 Å². The number of ether oxygens (including phenoxy) is 4. The quantitative estimate of drug-likeness (QED) is 0.578. The van der Waals surface area contributed by atoms with Gasteiger partial charge in [0.1, 0.15) is 6.54 Å². The third-order valence-corrected chi connectivity index (χ3v) is 5.01. The predicted octanol–water partition coefficient (Wildman–Crippen LogP) is 2.49. The minimum absolute atomic E-state index is 0.0565. The summed E-state index contributed by atoms with van der Waals surface area (Å²) in [5, 5.41) is 0. The smallest absolute Gasteiger partial charge is 0.406 e. The van der Waals surface area contributed by atoms with E-state index >= 15 is 0 Å². The van der Waals surface area contributed by atoms with Crippen molar-refractivity contribution < 1.29 is 41.7 Å². The van der Waals surface area contributed by atoms with Crippen LogP contribution in [0.1, 0.15) is 13.3 Å². The van der Waals surface area contributed by atoms with Gasteiger partial charge in [-0.2, -0.15) is 13.2 Å². The van der Waals surface area contributed by atoms with Crippen LogP contribution in [0.25, 0.3) is 0 Å². The Bertz CT molecular complexity index is 777. The number of hydrogen-bond donors (Lipinski definition) is 0. The van der Waals surface area contributed by atoms with Crippen molar-refractivity contribution in [3.63, 3.8) is 0 Å². The van der Waals surface area contributed by atoms with Crippen LogP contribution in [-0.4, -0.2) is 77.1 Å². The number of carbonyl (C=O) groups excluding carboxylic acids is 2. The molecule has 1 aromatic rings. The van der Waals surface area contributed by atoms with Crippen molar-refractivity contribution in [1.29, 1.82) is 0 Å². The molecule has 0 saturated carbocycles. The van der Waals surface area contributed by atoms with Crippen LogP contribution in [0.5, 0.6) is 17.2 Å². The fourth-order valence-electron chi connectivity index (χ4n) is 3.56. The highest BCUT2D eigenvalue weighted by Crippen LogP contribution is 2.42. The monoisotopic (exact) mass is 448 g/mol. The van der Waals surface area contributed by atoms with E-state index in [1.165, 1.54) is 40.3 Å². The lowest BCUT2D eigenvalue weighted by Gasteiger charge is -2.31. The molecule has 0 spiro atoms. The summed E-state index contributed by atoms with van der Waals surface area (Å²) >= 11 is 0. The molecule has 174 valence electrons. The van der Waals surface area contributed by atoms with Gasteiger partial charge in [0.15, 0.2) is 11.5 Å². The molecule has 8 nitrogen and oxygen atoms in total. The van der Waals surface area contributed by atoms with Gasteiger partial charge in [0.2, 0.25) is 17.6 Å². The third kappa shape index (κ3) is 5.72. The molecule has 1 aliphatic rings. The summed E-state index contributed by atoms with van der Waals surface area (Å²) in [4.78, 5) is 27.6. The second-order valence-corrected chi connectivity index (χ2v) is 7.17. The number of rotatable bonds is 9.